The number of carbonyl (C=O) groups excluding carboxylic acids is 1. The molecule has 0 unspecified atom stereocenters. The molecule has 0 bridgehead atoms. The molecule has 6 nitrogen and oxygen atoms in total. The molecule has 164 valence electrons. The number of hydrogen-bond acceptors (Lipinski definition) is 3. The monoisotopic (exact) mass is 460 g/mol. The Labute approximate surface area is 192 Å². The molecule has 0 saturated heterocycles. The number of aromatic nitrogens is 3. The van der Waals surface area contributed by atoms with E-state index in [9.17, 15) is 14.0 Å². The first-order valence-electron chi connectivity index (χ1n) is 10.3. The summed E-state index contributed by atoms with van der Waals surface area (Å²) in [5, 5.41) is 3.83. The lowest BCUT2D eigenvalue weighted by molar-refractivity contribution is -0.116. The average molecular weight is 461 g/mol. The van der Waals surface area contributed by atoms with Crippen molar-refractivity contribution in [2.75, 3.05) is 5.32 Å². The highest BCUT2D eigenvalue weighted by Gasteiger charge is 2.19. The van der Waals surface area contributed by atoms with Gasteiger partial charge in [0.25, 0.3) is 5.56 Å². The Morgan fingerprint density at radius 1 is 1.03 bits per heavy atom. The van der Waals surface area contributed by atoms with Crippen LogP contribution in [0.3, 0.4) is 0 Å². The Kier molecular flexibility index (Phi) is 5.40. The molecule has 1 amide bonds. The van der Waals surface area contributed by atoms with E-state index in [1.54, 1.807) is 28.8 Å². The van der Waals surface area contributed by atoms with E-state index in [1.165, 1.54) is 23.0 Å². The first kappa shape index (κ1) is 20.9. The van der Waals surface area contributed by atoms with Gasteiger partial charge in [0, 0.05) is 16.1 Å². The van der Waals surface area contributed by atoms with Gasteiger partial charge in [-0.15, -0.1) is 0 Å². The summed E-state index contributed by atoms with van der Waals surface area (Å²) in [6.45, 7) is 0.0844. The summed E-state index contributed by atoms with van der Waals surface area (Å²) in [4.78, 5) is 30.8. The first-order chi connectivity index (χ1) is 16.0. The fourth-order valence-corrected chi connectivity index (χ4v) is 4.12. The van der Waals surface area contributed by atoms with Crippen molar-refractivity contribution in [1.82, 2.24) is 14.1 Å². The third-order valence-electron chi connectivity index (χ3n) is 5.45. The van der Waals surface area contributed by atoms with E-state index in [-0.39, 0.29) is 30.1 Å². The molecule has 0 aliphatic carbocycles. The van der Waals surface area contributed by atoms with Crippen LogP contribution in [0.1, 0.15) is 5.56 Å². The van der Waals surface area contributed by atoms with Crippen LogP contribution in [0.4, 0.5) is 10.1 Å². The van der Waals surface area contributed by atoms with Crippen LogP contribution in [0, 0.1) is 5.82 Å². The SMILES string of the molecule is O=C(Cn1c2ccc(F)cc2c2ncn(Cc3ccccc3Cl)c(=O)c21)Nc1ccccc1. The maximum atomic E-state index is 14.0. The highest BCUT2D eigenvalue weighted by molar-refractivity contribution is 6.31. The molecule has 8 heteroatoms. The number of nitrogens with zero attached hydrogens (tertiary/aromatic N) is 3. The van der Waals surface area contributed by atoms with Crippen molar-refractivity contribution in [2.24, 2.45) is 0 Å². The molecular weight excluding hydrogens is 443 g/mol. The molecule has 33 heavy (non-hydrogen) atoms. The lowest BCUT2D eigenvalue weighted by atomic mass is 10.2. The molecule has 0 aliphatic rings. The minimum Gasteiger partial charge on any atom is -0.325 e. The molecule has 2 heterocycles. The molecule has 0 atom stereocenters. The van der Waals surface area contributed by atoms with E-state index in [0.717, 1.165) is 5.56 Å². The van der Waals surface area contributed by atoms with Crippen molar-refractivity contribution in [2.45, 2.75) is 13.1 Å². The highest BCUT2D eigenvalue weighted by atomic mass is 35.5. The number of para-hydroxylation sites is 1. The van der Waals surface area contributed by atoms with Gasteiger partial charge < -0.3 is 9.88 Å². The molecule has 5 aromatic rings. The van der Waals surface area contributed by atoms with Crippen molar-refractivity contribution >= 4 is 45.1 Å². The minimum absolute atomic E-state index is 0.131. The van der Waals surface area contributed by atoms with E-state index in [0.29, 0.717) is 27.1 Å². The van der Waals surface area contributed by atoms with Crippen molar-refractivity contribution < 1.29 is 9.18 Å². The molecule has 5 rings (SSSR count). The zero-order valence-electron chi connectivity index (χ0n) is 17.3. The van der Waals surface area contributed by atoms with E-state index >= 15 is 0 Å². The average Bonchev–Trinajstić information content (AvgIpc) is 3.11. The first-order valence-corrected chi connectivity index (χ1v) is 10.6. The molecule has 0 radical (unpaired) electrons. The van der Waals surface area contributed by atoms with Crippen LogP contribution in [0.25, 0.3) is 21.9 Å². The molecule has 0 saturated carbocycles. The number of amides is 1. The van der Waals surface area contributed by atoms with E-state index in [2.05, 4.69) is 10.3 Å². The Balaban J connectivity index is 1.63. The second kappa shape index (κ2) is 8.52. The predicted octanol–water partition coefficient (Wildman–Crippen LogP) is 4.83. The number of carbonyl (C=O) groups is 1. The van der Waals surface area contributed by atoms with Crippen molar-refractivity contribution in [3.8, 4) is 0 Å². The largest absolute Gasteiger partial charge is 0.325 e. The number of halogens is 2. The normalized spacial score (nSPS) is 11.2. The second-order valence-electron chi connectivity index (χ2n) is 7.63. The summed E-state index contributed by atoms with van der Waals surface area (Å²) in [6.07, 6.45) is 1.42. The van der Waals surface area contributed by atoms with E-state index in [4.69, 9.17) is 11.6 Å². The summed E-state index contributed by atoms with van der Waals surface area (Å²) in [6, 6.07) is 20.5. The van der Waals surface area contributed by atoms with Crippen LogP contribution in [0.2, 0.25) is 5.02 Å². The maximum Gasteiger partial charge on any atom is 0.278 e. The van der Waals surface area contributed by atoms with Crippen LogP contribution in [-0.2, 0) is 17.9 Å². The summed E-state index contributed by atoms with van der Waals surface area (Å²) >= 11 is 6.27. The number of rotatable bonds is 5. The van der Waals surface area contributed by atoms with Gasteiger partial charge in [-0.1, -0.05) is 48.0 Å². The maximum absolute atomic E-state index is 14.0. The van der Waals surface area contributed by atoms with Gasteiger partial charge in [0.1, 0.15) is 23.4 Å². The quantitative estimate of drug-likeness (QED) is 0.408. The smallest absolute Gasteiger partial charge is 0.278 e. The lowest BCUT2D eigenvalue weighted by Gasteiger charge is -2.10. The van der Waals surface area contributed by atoms with Crippen molar-refractivity contribution in [3.63, 3.8) is 0 Å². The number of nitrogens with one attached hydrogen (secondary N) is 1. The molecule has 0 spiro atoms. The second-order valence-corrected chi connectivity index (χ2v) is 8.04. The van der Waals surface area contributed by atoms with Gasteiger partial charge in [-0.25, -0.2) is 9.37 Å². The van der Waals surface area contributed by atoms with Gasteiger partial charge >= 0.3 is 0 Å². The predicted molar refractivity (Wildman–Crippen MR) is 127 cm³/mol. The number of hydrogen-bond donors (Lipinski definition) is 1. The molecular formula is C25H18ClFN4O2. The lowest BCUT2D eigenvalue weighted by Crippen LogP contribution is -2.25. The molecule has 0 fully saturated rings. The fraction of sp³-hybridized carbons (Fsp3) is 0.0800. The Hall–Kier alpha value is -3.97. The van der Waals surface area contributed by atoms with Crippen LogP contribution in [0.5, 0.6) is 0 Å². The van der Waals surface area contributed by atoms with Crippen LogP contribution in [-0.4, -0.2) is 20.0 Å². The molecule has 1 N–H and O–H groups in total. The van der Waals surface area contributed by atoms with Crippen LogP contribution >= 0.6 is 11.6 Å². The topological polar surface area (TPSA) is 68.9 Å². The van der Waals surface area contributed by atoms with E-state index in [1.807, 2.05) is 36.4 Å². The van der Waals surface area contributed by atoms with Gasteiger partial charge in [0.2, 0.25) is 5.91 Å². The van der Waals surface area contributed by atoms with Crippen molar-refractivity contribution in [3.05, 3.63) is 106 Å². The Morgan fingerprint density at radius 2 is 1.79 bits per heavy atom. The van der Waals surface area contributed by atoms with E-state index < -0.39 is 5.82 Å². The third-order valence-corrected chi connectivity index (χ3v) is 5.81. The van der Waals surface area contributed by atoms with Gasteiger partial charge in [-0.3, -0.25) is 14.2 Å². The zero-order chi connectivity index (χ0) is 22.9. The Morgan fingerprint density at radius 3 is 2.58 bits per heavy atom. The number of benzene rings is 3. The van der Waals surface area contributed by atoms with Gasteiger partial charge in [-0.2, -0.15) is 0 Å². The number of anilines is 1. The summed E-state index contributed by atoms with van der Waals surface area (Å²) < 4.78 is 17.0. The van der Waals surface area contributed by atoms with Gasteiger partial charge in [-0.05, 0) is 42.0 Å². The van der Waals surface area contributed by atoms with Gasteiger partial charge in [0.05, 0.1) is 18.4 Å². The minimum atomic E-state index is -0.447. The Bertz CT molecular complexity index is 1560. The summed E-state index contributed by atoms with van der Waals surface area (Å²) in [5.74, 6) is -0.762. The molecule has 2 aromatic heterocycles. The standard InChI is InChI=1S/C25H18ClFN4O2/c26-20-9-5-4-6-16(20)13-30-15-28-23-19-12-17(27)10-11-21(19)31(24(23)25(30)33)14-22(32)29-18-7-2-1-3-8-18/h1-12,15H,13-14H2,(H,29,32). The molecule has 0 aliphatic heterocycles. The zero-order valence-corrected chi connectivity index (χ0v) is 18.1. The van der Waals surface area contributed by atoms with Crippen molar-refractivity contribution in [1.29, 1.82) is 0 Å². The van der Waals surface area contributed by atoms with Gasteiger partial charge in [0.15, 0.2) is 0 Å². The number of fused-ring (bicyclic) bond motifs is 3. The molecule has 3 aromatic carbocycles. The fourth-order valence-electron chi connectivity index (χ4n) is 3.93. The van der Waals surface area contributed by atoms with Crippen LogP contribution in [0.15, 0.2) is 83.9 Å². The highest BCUT2D eigenvalue weighted by Crippen LogP contribution is 2.26. The summed E-state index contributed by atoms with van der Waals surface area (Å²) in [7, 11) is 0. The summed E-state index contributed by atoms with van der Waals surface area (Å²) in [5.41, 5.74) is 2.19. The third kappa shape index (κ3) is 3.99. The van der Waals surface area contributed by atoms with Crippen LogP contribution < -0.4 is 10.9 Å².